The van der Waals surface area contributed by atoms with Crippen LogP contribution in [-0.4, -0.2) is 11.7 Å². The third-order valence-electron chi connectivity index (χ3n) is 12.7. The summed E-state index contributed by atoms with van der Waals surface area (Å²) in [6.07, 6.45) is -0.430. The van der Waals surface area contributed by atoms with E-state index >= 15 is 0 Å². The van der Waals surface area contributed by atoms with Crippen LogP contribution in [0.2, 0.25) is 0 Å². The van der Waals surface area contributed by atoms with Crippen LogP contribution in [0.3, 0.4) is 0 Å². The first-order valence-electron chi connectivity index (χ1n) is 21.7. The zero-order chi connectivity index (χ0) is 42.1. The van der Waals surface area contributed by atoms with Gasteiger partial charge in [0, 0.05) is 43.8 Å². The fraction of sp³-hybridized carbons (Fsp3) is 0.0169. The van der Waals surface area contributed by atoms with Gasteiger partial charge in [0.25, 0.3) is 0 Å². The second kappa shape index (κ2) is 14.5. The Morgan fingerprint density at radius 2 is 0.984 bits per heavy atom. The van der Waals surface area contributed by atoms with Crippen molar-refractivity contribution in [1.29, 1.82) is 0 Å². The van der Waals surface area contributed by atoms with Crippen molar-refractivity contribution >= 4 is 77.1 Å². The minimum atomic E-state index is -0.430. The van der Waals surface area contributed by atoms with Gasteiger partial charge in [0.2, 0.25) is 0 Å². The average molecular weight is 820 g/mol. The van der Waals surface area contributed by atoms with Crippen LogP contribution in [0.15, 0.2) is 231 Å². The lowest BCUT2D eigenvalue weighted by atomic mass is 9.89. The molecule has 0 fully saturated rings. The molecule has 0 saturated heterocycles. The van der Waals surface area contributed by atoms with E-state index in [0.717, 1.165) is 99.6 Å². The van der Waals surface area contributed by atoms with Crippen molar-refractivity contribution < 1.29 is 8.83 Å². The average Bonchev–Trinajstić information content (AvgIpc) is 3.93. The summed E-state index contributed by atoms with van der Waals surface area (Å²) in [7, 11) is 0. The van der Waals surface area contributed by atoms with Crippen LogP contribution >= 0.6 is 0 Å². The van der Waals surface area contributed by atoms with Crippen LogP contribution < -0.4 is 5.32 Å². The molecule has 300 valence electrons. The van der Waals surface area contributed by atoms with Crippen molar-refractivity contribution in [2.45, 2.75) is 6.17 Å². The molecule has 13 rings (SSSR count). The highest BCUT2D eigenvalue weighted by atomic mass is 16.3. The Morgan fingerprint density at radius 3 is 1.81 bits per heavy atom. The number of nitrogens with one attached hydrogen (secondary N) is 1. The molecule has 0 amide bonds. The fourth-order valence-corrected chi connectivity index (χ4v) is 9.60. The molecule has 3 heterocycles. The predicted molar refractivity (Wildman–Crippen MR) is 264 cm³/mol. The van der Waals surface area contributed by atoms with Crippen molar-refractivity contribution in [3.8, 4) is 33.4 Å². The van der Waals surface area contributed by atoms with Crippen LogP contribution in [0, 0.1) is 0 Å². The zero-order valence-corrected chi connectivity index (χ0v) is 34.5. The zero-order valence-electron chi connectivity index (χ0n) is 34.5. The molecular weight excluding hydrogens is 783 g/mol. The van der Waals surface area contributed by atoms with E-state index < -0.39 is 6.17 Å². The fourth-order valence-electron chi connectivity index (χ4n) is 9.60. The number of nitrogens with zero attached hydrogens (tertiary/aromatic N) is 2. The van der Waals surface area contributed by atoms with Gasteiger partial charge in [0.1, 0.15) is 34.3 Å². The summed E-state index contributed by atoms with van der Waals surface area (Å²) in [6.45, 7) is 0. The Labute approximate surface area is 368 Å². The van der Waals surface area contributed by atoms with Crippen LogP contribution in [0.4, 0.5) is 0 Å². The van der Waals surface area contributed by atoms with Gasteiger partial charge in [-0.25, -0.2) is 9.98 Å². The number of furan rings is 2. The summed E-state index contributed by atoms with van der Waals surface area (Å²) in [5.74, 6) is 1.40. The number of benzene rings is 10. The molecular formula is C59H37N3O2. The molecule has 1 aliphatic heterocycles. The number of fused-ring (bicyclic) bond motifs is 8. The molecule has 0 spiro atoms. The largest absolute Gasteiger partial charge is 0.456 e. The Hall–Kier alpha value is -8.54. The van der Waals surface area contributed by atoms with Crippen LogP contribution in [-0.2, 0) is 0 Å². The van der Waals surface area contributed by atoms with Gasteiger partial charge in [-0.1, -0.05) is 176 Å². The maximum absolute atomic E-state index is 6.65. The second-order valence-electron chi connectivity index (χ2n) is 16.5. The lowest BCUT2D eigenvalue weighted by molar-refractivity contribution is 0.662. The molecule has 1 N–H and O–H groups in total. The van der Waals surface area contributed by atoms with Gasteiger partial charge in [-0.15, -0.1) is 0 Å². The summed E-state index contributed by atoms with van der Waals surface area (Å²) in [6, 6.07) is 74.7. The smallest absolute Gasteiger partial charge is 0.159 e. The van der Waals surface area contributed by atoms with Gasteiger partial charge >= 0.3 is 0 Å². The van der Waals surface area contributed by atoms with Crippen molar-refractivity contribution in [2.24, 2.45) is 9.98 Å². The molecule has 2 aromatic heterocycles. The maximum atomic E-state index is 6.65. The minimum Gasteiger partial charge on any atom is -0.456 e. The Balaban J connectivity index is 0.963. The van der Waals surface area contributed by atoms with Crippen LogP contribution in [0.25, 0.3) is 98.8 Å². The summed E-state index contributed by atoms with van der Waals surface area (Å²) in [5, 5.41) is 12.8. The first kappa shape index (κ1) is 36.1. The molecule has 5 nitrogen and oxygen atoms in total. The highest BCUT2D eigenvalue weighted by Gasteiger charge is 2.25. The molecule has 5 heteroatoms. The standard InChI is InChI=1S/C59H37N3O2/c1-2-11-36(12-3-1)38-21-26-40(27-22-38)57-60-58(62-59(61-57)48-18-10-20-51-55(48)47-17-8-9-19-50(47)63-51)41-28-24-39(25-29-41)54-46(45-30-23-37-13-4-5-14-42(37)33-45)31-32-52-56(54)49-34-43-15-6-7-16-44(43)35-53(49)64-52/h1-35,59H,(H,60,61,62). The minimum absolute atomic E-state index is 0.430. The van der Waals surface area contributed by atoms with Gasteiger partial charge in [-0.3, -0.25) is 0 Å². The second-order valence-corrected chi connectivity index (χ2v) is 16.5. The Kier molecular flexibility index (Phi) is 8.21. The SMILES string of the molecule is c1ccc(-c2ccc(C3=NC(c4cccc5oc6ccccc6c45)NC(c4ccc(-c5c(-c6ccc7ccccc7c6)ccc6oc7cc8ccccc8cc7c56)cc4)=N3)cc2)cc1. The van der Waals surface area contributed by atoms with Crippen LogP contribution in [0.5, 0.6) is 0 Å². The molecule has 12 aromatic rings. The number of amidine groups is 2. The van der Waals surface area contributed by atoms with E-state index in [2.05, 4.69) is 187 Å². The molecule has 1 unspecified atom stereocenters. The van der Waals surface area contributed by atoms with Gasteiger partial charge in [-0.05, 0) is 85.8 Å². The van der Waals surface area contributed by atoms with Gasteiger partial charge in [-0.2, -0.15) is 0 Å². The van der Waals surface area contributed by atoms with E-state index in [1.54, 1.807) is 0 Å². The van der Waals surface area contributed by atoms with E-state index in [-0.39, 0.29) is 0 Å². The first-order valence-corrected chi connectivity index (χ1v) is 21.7. The number of hydrogen-bond acceptors (Lipinski definition) is 5. The van der Waals surface area contributed by atoms with E-state index in [0.29, 0.717) is 5.84 Å². The maximum Gasteiger partial charge on any atom is 0.159 e. The van der Waals surface area contributed by atoms with Crippen molar-refractivity contribution in [3.05, 3.63) is 229 Å². The monoisotopic (exact) mass is 819 g/mol. The summed E-state index contributed by atoms with van der Waals surface area (Å²) < 4.78 is 13.0. The predicted octanol–water partition coefficient (Wildman–Crippen LogP) is 15.3. The topological polar surface area (TPSA) is 63.0 Å². The van der Waals surface area contributed by atoms with E-state index in [1.165, 1.54) is 21.7 Å². The van der Waals surface area contributed by atoms with Crippen molar-refractivity contribution in [3.63, 3.8) is 0 Å². The highest BCUT2D eigenvalue weighted by Crippen LogP contribution is 2.44. The van der Waals surface area contributed by atoms with Crippen molar-refractivity contribution in [1.82, 2.24) is 5.32 Å². The van der Waals surface area contributed by atoms with Gasteiger partial charge < -0.3 is 14.2 Å². The van der Waals surface area contributed by atoms with E-state index in [1.807, 2.05) is 30.3 Å². The summed E-state index contributed by atoms with van der Waals surface area (Å²) in [5.41, 5.74) is 13.1. The van der Waals surface area contributed by atoms with Gasteiger partial charge in [0.15, 0.2) is 5.84 Å². The third kappa shape index (κ3) is 6.01. The first-order chi connectivity index (χ1) is 31.7. The molecule has 1 aliphatic rings. The molecule has 10 aromatic carbocycles. The van der Waals surface area contributed by atoms with Crippen LogP contribution in [0.1, 0.15) is 22.9 Å². The molecule has 0 saturated carbocycles. The Morgan fingerprint density at radius 1 is 0.375 bits per heavy atom. The lowest BCUT2D eigenvalue weighted by Gasteiger charge is -2.24. The molecule has 0 radical (unpaired) electrons. The highest BCUT2D eigenvalue weighted by molar-refractivity contribution is 6.19. The number of rotatable bonds is 6. The number of para-hydroxylation sites is 1. The lowest BCUT2D eigenvalue weighted by Crippen LogP contribution is -2.33. The molecule has 1 atom stereocenters. The van der Waals surface area contributed by atoms with Gasteiger partial charge in [0.05, 0.1) is 0 Å². The third-order valence-corrected chi connectivity index (χ3v) is 12.7. The molecule has 64 heavy (non-hydrogen) atoms. The summed E-state index contributed by atoms with van der Waals surface area (Å²) in [4.78, 5) is 10.6. The van der Waals surface area contributed by atoms with E-state index in [9.17, 15) is 0 Å². The van der Waals surface area contributed by atoms with Crippen molar-refractivity contribution in [2.75, 3.05) is 0 Å². The number of hydrogen-bond donors (Lipinski definition) is 1. The number of aliphatic imine (C=N–C) groups is 2. The molecule has 0 aliphatic carbocycles. The molecule has 0 bridgehead atoms. The normalized spacial score (nSPS) is 14.1. The van der Waals surface area contributed by atoms with E-state index in [4.69, 9.17) is 18.8 Å². The summed E-state index contributed by atoms with van der Waals surface area (Å²) >= 11 is 0. The Bertz CT molecular complexity index is 3860. The quantitative estimate of drug-likeness (QED) is 0.182.